The fourth-order valence-corrected chi connectivity index (χ4v) is 3.85. The molecule has 3 atom stereocenters. The highest BCUT2D eigenvalue weighted by Crippen LogP contribution is 2.47. The van der Waals surface area contributed by atoms with Crippen molar-refractivity contribution in [2.75, 3.05) is 19.8 Å². The summed E-state index contributed by atoms with van der Waals surface area (Å²) in [6.45, 7) is 3.73. The average molecular weight is 337 g/mol. The van der Waals surface area contributed by atoms with Crippen molar-refractivity contribution in [1.29, 1.82) is 0 Å². The lowest BCUT2D eigenvalue weighted by Gasteiger charge is -2.28. The van der Waals surface area contributed by atoms with Crippen molar-refractivity contribution in [3.05, 3.63) is 71.8 Å². The van der Waals surface area contributed by atoms with Gasteiger partial charge in [-0.2, -0.15) is 0 Å². The molecule has 0 aromatic heterocycles. The van der Waals surface area contributed by atoms with Crippen LogP contribution in [0.1, 0.15) is 24.1 Å². The molecule has 25 heavy (non-hydrogen) atoms. The van der Waals surface area contributed by atoms with E-state index >= 15 is 0 Å². The van der Waals surface area contributed by atoms with Gasteiger partial charge in [-0.25, -0.2) is 0 Å². The Kier molecular flexibility index (Phi) is 4.55. The molecule has 0 amide bonds. The van der Waals surface area contributed by atoms with Gasteiger partial charge in [-0.15, -0.1) is 0 Å². The van der Waals surface area contributed by atoms with Crippen LogP contribution in [0, 0.1) is 5.92 Å². The van der Waals surface area contributed by atoms with Crippen LogP contribution in [0.15, 0.2) is 60.7 Å². The summed E-state index contributed by atoms with van der Waals surface area (Å²) < 4.78 is 10.7. The molecule has 0 aliphatic carbocycles. The third-order valence-corrected chi connectivity index (χ3v) is 5.10. The number of rotatable bonds is 6. The lowest BCUT2D eigenvalue weighted by molar-refractivity contribution is -0.143. The SMILES string of the molecule is CCOC(=O)C1C(C2COC2)N1C(c1ccccc1)c1ccccc1. The minimum atomic E-state index is -0.181. The maximum absolute atomic E-state index is 12.5. The Bertz CT molecular complexity index is 675. The van der Waals surface area contributed by atoms with Gasteiger partial charge in [0.25, 0.3) is 0 Å². The summed E-state index contributed by atoms with van der Waals surface area (Å²) in [7, 11) is 0. The molecular weight excluding hydrogens is 314 g/mol. The number of carbonyl (C=O) groups excluding carboxylic acids is 1. The van der Waals surface area contributed by atoms with E-state index in [-0.39, 0.29) is 24.1 Å². The van der Waals surface area contributed by atoms with E-state index in [0.29, 0.717) is 12.5 Å². The first-order valence-corrected chi connectivity index (χ1v) is 8.93. The van der Waals surface area contributed by atoms with Crippen LogP contribution >= 0.6 is 0 Å². The Morgan fingerprint density at radius 2 is 1.64 bits per heavy atom. The van der Waals surface area contributed by atoms with E-state index in [9.17, 15) is 4.79 Å². The van der Waals surface area contributed by atoms with E-state index in [2.05, 4.69) is 53.4 Å². The van der Waals surface area contributed by atoms with Gasteiger partial charge in [0.1, 0.15) is 6.04 Å². The topological polar surface area (TPSA) is 38.5 Å². The van der Waals surface area contributed by atoms with E-state index < -0.39 is 0 Å². The summed E-state index contributed by atoms with van der Waals surface area (Å²) >= 11 is 0. The lowest BCUT2D eigenvalue weighted by Crippen LogP contribution is -2.35. The highest BCUT2D eigenvalue weighted by atomic mass is 16.5. The summed E-state index contributed by atoms with van der Waals surface area (Å²) in [5.74, 6) is 0.292. The second-order valence-corrected chi connectivity index (χ2v) is 6.66. The van der Waals surface area contributed by atoms with Crippen molar-refractivity contribution in [2.45, 2.75) is 25.0 Å². The summed E-state index contributed by atoms with van der Waals surface area (Å²) in [6, 6.07) is 20.8. The minimum absolute atomic E-state index is 0.0578. The lowest BCUT2D eigenvalue weighted by atomic mass is 9.97. The smallest absolute Gasteiger partial charge is 0.325 e. The largest absolute Gasteiger partial charge is 0.465 e. The van der Waals surface area contributed by atoms with Gasteiger partial charge in [-0.05, 0) is 18.1 Å². The molecule has 0 radical (unpaired) electrons. The Balaban J connectivity index is 1.69. The highest BCUT2D eigenvalue weighted by molar-refractivity contribution is 5.81. The molecule has 2 aliphatic heterocycles. The second kappa shape index (κ2) is 6.98. The minimum Gasteiger partial charge on any atom is -0.465 e. The normalized spacial score (nSPS) is 25.4. The van der Waals surface area contributed by atoms with Crippen molar-refractivity contribution in [3.63, 3.8) is 0 Å². The van der Waals surface area contributed by atoms with Crippen molar-refractivity contribution < 1.29 is 14.3 Å². The number of ether oxygens (including phenoxy) is 2. The monoisotopic (exact) mass is 337 g/mol. The number of esters is 1. The molecule has 2 aliphatic rings. The first kappa shape index (κ1) is 16.3. The van der Waals surface area contributed by atoms with Crippen LogP contribution in [-0.4, -0.2) is 42.8 Å². The zero-order chi connectivity index (χ0) is 17.2. The summed E-state index contributed by atoms with van der Waals surface area (Å²) in [5.41, 5.74) is 2.40. The standard InChI is InChI=1S/C21H23NO3/c1-2-25-21(23)20-19(17-13-24-14-17)22(20)18(15-9-5-3-6-10-15)16-11-7-4-8-12-16/h3-12,17-20H,2,13-14H2,1H3. The molecule has 2 fully saturated rings. The van der Waals surface area contributed by atoms with E-state index in [4.69, 9.17) is 9.47 Å². The van der Waals surface area contributed by atoms with Crippen LogP contribution < -0.4 is 0 Å². The molecule has 130 valence electrons. The van der Waals surface area contributed by atoms with Crippen LogP contribution in [-0.2, 0) is 14.3 Å². The molecule has 4 nitrogen and oxygen atoms in total. The fraction of sp³-hybridized carbons (Fsp3) is 0.381. The van der Waals surface area contributed by atoms with E-state index in [0.717, 1.165) is 13.2 Å². The van der Waals surface area contributed by atoms with Gasteiger partial charge in [0.05, 0.1) is 25.9 Å². The Hall–Kier alpha value is -2.17. The quantitative estimate of drug-likeness (QED) is 0.600. The molecule has 0 N–H and O–H groups in total. The van der Waals surface area contributed by atoms with Gasteiger partial charge in [-0.1, -0.05) is 60.7 Å². The zero-order valence-electron chi connectivity index (χ0n) is 14.4. The van der Waals surface area contributed by atoms with Crippen molar-refractivity contribution in [3.8, 4) is 0 Å². The number of nitrogens with zero attached hydrogens (tertiary/aromatic N) is 1. The maximum Gasteiger partial charge on any atom is 0.325 e. The van der Waals surface area contributed by atoms with Crippen LogP contribution in [0.3, 0.4) is 0 Å². The van der Waals surface area contributed by atoms with Gasteiger partial charge >= 0.3 is 5.97 Å². The van der Waals surface area contributed by atoms with Gasteiger partial charge in [0.15, 0.2) is 0 Å². The van der Waals surface area contributed by atoms with E-state index in [1.807, 2.05) is 19.1 Å². The maximum atomic E-state index is 12.5. The van der Waals surface area contributed by atoms with Gasteiger partial charge in [-0.3, -0.25) is 9.69 Å². The first-order chi connectivity index (χ1) is 12.3. The molecule has 2 heterocycles. The summed E-state index contributed by atoms with van der Waals surface area (Å²) in [5, 5.41) is 0. The van der Waals surface area contributed by atoms with Crippen molar-refractivity contribution >= 4 is 5.97 Å². The Labute approximate surface area is 148 Å². The molecule has 0 spiro atoms. The molecule has 3 unspecified atom stereocenters. The molecule has 0 saturated carbocycles. The second-order valence-electron chi connectivity index (χ2n) is 6.66. The van der Waals surface area contributed by atoms with Crippen LogP contribution in [0.4, 0.5) is 0 Å². The third-order valence-electron chi connectivity index (χ3n) is 5.10. The molecule has 2 aromatic rings. The zero-order valence-corrected chi connectivity index (χ0v) is 14.4. The van der Waals surface area contributed by atoms with Crippen molar-refractivity contribution in [2.24, 2.45) is 5.92 Å². The van der Waals surface area contributed by atoms with Crippen LogP contribution in [0.25, 0.3) is 0 Å². The van der Waals surface area contributed by atoms with E-state index in [1.165, 1.54) is 11.1 Å². The number of carbonyl (C=O) groups is 1. The van der Waals surface area contributed by atoms with Gasteiger partial charge < -0.3 is 9.47 Å². The highest BCUT2D eigenvalue weighted by Gasteiger charge is 2.61. The number of benzene rings is 2. The van der Waals surface area contributed by atoms with Gasteiger partial charge in [0.2, 0.25) is 0 Å². The molecule has 0 bridgehead atoms. The van der Waals surface area contributed by atoms with Crippen molar-refractivity contribution in [1.82, 2.24) is 4.90 Å². The van der Waals surface area contributed by atoms with Gasteiger partial charge in [0, 0.05) is 12.0 Å². The summed E-state index contributed by atoms with van der Waals surface area (Å²) in [6.07, 6.45) is 0. The third kappa shape index (κ3) is 3.08. The average Bonchev–Trinajstić information content (AvgIpc) is 3.30. The van der Waals surface area contributed by atoms with E-state index in [1.54, 1.807) is 0 Å². The van der Waals surface area contributed by atoms with Crippen LogP contribution in [0.5, 0.6) is 0 Å². The first-order valence-electron chi connectivity index (χ1n) is 8.93. The number of hydrogen-bond donors (Lipinski definition) is 0. The Morgan fingerprint density at radius 3 is 2.08 bits per heavy atom. The number of hydrogen-bond acceptors (Lipinski definition) is 4. The summed E-state index contributed by atoms with van der Waals surface area (Å²) in [4.78, 5) is 14.8. The predicted molar refractivity (Wildman–Crippen MR) is 95.1 cm³/mol. The van der Waals surface area contributed by atoms with Crippen LogP contribution in [0.2, 0.25) is 0 Å². The molecule has 2 aromatic carbocycles. The molecular formula is C21H23NO3. The Morgan fingerprint density at radius 1 is 1.08 bits per heavy atom. The predicted octanol–water partition coefficient (Wildman–Crippen LogP) is 3.04. The molecule has 4 rings (SSSR count). The fourth-order valence-electron chi connectivity index (χ4n) is 3.85. The molecule has 2 saturated heterocycles. The molecule has 4 heteroatoms.